The van der Waals surface area contributed by atoms with Crippen molar-refractivity contribution in [2.75, 3.05) is 13.7 Å². The summed E-state index contributed by atoms with van der Waals surface area (Å²) < 4.78 is 5.81. The van der Waals surface area contributed by atoms with E-state index in [-0.39, 0.29) is 25.0 Å². The number of nitrogens with zero attached hydrogens (tertiary/aromatic N) is 1. The van der Waals surface area contributed by atoms with Crippen LogP contribution in [0.5, 0.6) is 5.75 Å². The van der Waals surface area contributed by atoms with Crippen LogP contribution < -0.4 is 10.1 Å². The smallest absolute Gasteiger partial charge is 0.261 e. The molecule has 1 atom stereocenters. The number of carbonyl (C=O) groups is 2. The van der Waals surface area contributed by atoms with Crippen molar-refractivity contribution in [3.05, 3.63) is 101 Å². The molecule has 0 bridgehead atoms. The zero-order valence-electron chi connectivity index (χ0n) is 19.8. The van der Waals surface area contributed by atoms with Gasteiger partial charge >= 0.3 is 0 Å². The van der Waals surface area contributed by atoms with E-state index in [1.165, 1.54) is 5.56 Å². The molecule has 0 fully saturated rings. The van der Waals surface area contributed by atoms with E-state index in [4.69, 9.17) is 16.3 Å². The van der Waals surface area contributed by atoms with Crippen LogP contribution >= 0.6 is 11.6 Å². The van der Waals surface area contributed by atoms with E-state index >= 15 is 0 Å². The Morgan fingerprint density at radius 3 is 2.21 bits per heavy atom. The van der Waals surface area contributed by atoms with Crippen LogP contribution in [0.25, 0.3) is 0 Å². The average Bonchev–Trinajstić information content (AvgIpc) is 2.86. The number of rotatable bonds is 10. The molecule has 0 aliphatic rings. The molecule has 0 aliphatic carbocycles. The minimum atomic E-state index is -0.719. The van der Waals surface area contributed by atoms with Gasteiger partial charge in [-0.1, -0.05) is 86.1 Å². The molecule has 3 aromatic rings. The number of amides is 2. The van der Waals surface area contributed by atoms with Crippen molar-refractivity contribution in [1.29, 1.82) is 0 Å². The Kier molecular flexibility index (Phi) is 9.11. The Labute approximate surface area is 206 Å². The van der Waals surface area contributed by atoms with Crippen LogP contribution in [0, 0.1) is 0 Å². The molecule has 0 radical (unpaired) electrons. The molecule has 2 amide bonds. The Balaban J connectivity index is 1.85. The summed E-state index contributed by atoms with van der Waals surface area (Å²) in [6.07, 6.45) is 0.375. The van der Waals surface area contributed by atoms with Crippen LogP contribution in [0.2, 0.25) is 5.02 Å². The van der Waals surface area contributed by atoms with Gasteiger partial charge in [-0.15, -0.1) is 0 Å². The second kappa shape index (κ2) is 12.2. The number of nitrogens with one attached hydrogen (secondary N) is 1. The first-order chi connectivity index (χ1) is 16.4. The minimum Gasteiger partial charge on any atom is -0.484 e. The van der Waals surface area contributed by atoms with Crippen molar-refractivity contribution in [3.63, 3.8) is 0 Å². The number of ether oxygens (including phenoxy) is 1. The van der Waals surface area contributed by atoms with Gasteiger partial charge in [0, 0.05) is 25.0 Å². The summed E-state index contributed by atoms with van der Waals surface area (Å²) >= 11 is 6.39. The van der Waals surface area contributed by atoms with Gasteiger partial charge in [0.15, 0.2) is 6.61 Å². The molecule has 178 valence electrons. The van der Waals surface area contributed by atoms with Gasteiger partial charge in [-0.05, 0) is 40.8 Å². The lowest BCUT2D eigenvalue weighted by Gasteiger charge is -2.31. The van der Waals surface area contributed by atoms with E-state index in [0.29, 0.717) is 23.1 Å². The molecule has 0 unspecified atom stereocenters. The normalized spacial score (nSPS) is 11.7. The molecule has 34 heavy (non-hydrogen) atoms. The molecule has 0 spiro atoms. The highest BCUT2D eigenvalue weighted by atomic mass is 35.5. The predicted octanol–water partition coefficient (Wildman–Crippen LogP) is 5.23. The second-order valence-electron chi connectivity index (χ2n) is 8.45. The first-order valence-corrected chi connectivity index (χ1v) is 11.8. The summed E-state index contributed by atoms with van der Waals surface area (Å²) in [7, 11) is 1.57. The van der Waals surface area contributed by atoms with Crippen LogP contribution in [0.15, 0.2) is 78.9 Å². The molecule has 3 aromatic carbocycles. The van der Waals surface area contributed by atoms with Gasteiger partial charge in [-0.3, -0.25) is 9.59 Å². The molecule has 5 nitrogen and oxygen atoms in total. The van der Waals surface area contributed by atoms with E-state index in [1.807, 2.05) is 72.8 Å². The summed E-state index contributed by atoms with van der Waals surface area (Å²) in [5.41, 5.74) is 2.92. The number of halogens is 1. The molecule has 0 saturated heterocycles. The van der Waals surface area contributed by atoms with Gasteiger partial charge in [0.2, 0.25) is 5.91 Å². The van der Waals surface area contributed by atoms with Crippen molar-refractivity contribution in [1.82, 2.24) is 10.2 Å². The van der Waals surface area contributed by atoms with Crippen LogP contribution in [0.4, 0.5) is 0 Å². The third-order valence-corrected chi connectivity index (χ3v) is 6.09. The monoisotopic (exact) mass is 478 g/mol. The van der Waals surface area contributed by atoms with Crippen molar-refractivity contribution < 1.29 is 14.3 Å². The average molecular weight is 479 g/mol. The molecule has 0 heterocycles. The summed E-state index contributed by atoms with van der Waals surface area (Å²) in [5, 5.41) is 3.25. The third kappa shape index (κ3) is 6.84. The van der Waals surface area contributed by atoms with Gasteiger partial charge in [-0.2, -0.15) is 0 Å². The maximum Gasteiger partial charge on any atom is 0.261 e. The Bertz CT molecular complexity index is 1080. The quantitative estimate of drug-likeness (QED) is 0.434. The Hall–Kier alpha value is -3.31. The van der Waals surface area contributed by atoms with E-state index in [1.54, 1.807) is 18.0 Å². The van der Waals surface area contributed by atoms with Crippen LogP contribution in [-0.4, -0.2) is 36.4 Å². The fourth-order valence-corrected chi connectivity index (χ4v) is 3.90. The highest BCUT2D eigenvalue weighted by molar-refractivity contribution is 6.31. The van der Waals surface area contributed by atoms with Crippen molar-refractivity contribution in [3.8, 4) is 5.75 Å². The standard InChI is InChI=1S/C28H31ClN2O3/c1-20(2)22-13-15-24(16-14-22)34-19-27(32)31(18-23-11-7-8-12-25(23)29)26(28(33)30-3)17-21-9-5-4-6-10-21/h4-16,20,26H,17-19H2,1-3H3,(H,30,33)/t26-/m0/s1. The second-order valence-corrected chi connectivity index (χ2v) is 8.85. The lowest BCUT2D eigenvalue weighted by Crippen LogP contribution is -2.51. The lowest BCUT2D eigenvalue weighted by atomic mass is 10.0. The van der Waals surface area contributed by atoms with Gasteiger partial charge in [0.05, 0.1) is 0 Å². The SMILES string of the molecule is CNC(=O)[C@H](Cc1ccccc1)N(Cc1ccccc1Cl)C(=O)COc1ccc(C(C)C)cc1. The highest BCUT2D eigenvalue weighted by Crippen LogP contribution is 2.22. The van der Waals surface area contributed by atoms with E-state index in [9.17, 15) is 9.59 Å². The number of likely N-dealkylation sites (N-methyl/N-ethyl adjacent to an activating group) is 1. The molecule has 0 saturated carbocycles. The topological polar surface area (TPSA) is 58.6 Å². The van der Waals surface area contributed by atoms with Crippen molar-refractivity contribution >= 4 is 23.4 Å². The third-order valence-electron chi connectivity index (χ3n) is 5.73. The predicted molar refractivity (Wildman–Crippen MR) is 136 cm³/mol. The molecular formula is C28H31ClN2O3. The number of benzene rings is 3. The first-order valence-electron chi connectivity index (χ1n) is 11.4. The summed E-state index contributed by atoms with van der Waals surface area (Å²) in [5.74, 6) is 0.478. The molecule has 1 N–H and O–H groups in total. The van der Waals surface area contributed by atoms with E-state index in [2.05, 4.69) is 19.2 Å². The van der Waals surface area contributed by atoms with Gasteiger partial charge < -0.3 is 15.0 Å². The zero-order chi connectivity index (χ0) is 24.5. The minimum absolute atomic E-state index is 0.187. The molecule has 0 aliphatic heterocycles. The number of carbonyl (C=O) groups excluding carboxylic acids is 2. The van der Waals surface area contributed by atoms with Gasteiger partial charge in [0.25, 0.3) is 5.91 Å². The maximum atomic E-state index is 13.4. The number of hydrogen-bond acceptors (Lipinski definition) is 3. The fraction of sp³-hybridized carbons (Fsp3) is 0.286. The van der Waals surface area contributed by atoms with Crippen LogP contribution in [-0.2, 0) is 22.6 Å². The summed E-state index contributed by atoms with van der Waals surface area (Å²) in [4.78, 5) is 27.9. The Morgan fingerprint density at radius 2 is 1.59 bits per heavy atom. The Morgan fingerprint density at radius 1 is 0.941 bits per heavy atom. The molecule has 0 aromatic heterocycles. The molecular weight excluding hydrogens is 448 g/mol. The first kappa shape index (κ1) is 25.3. The van der Waals surface area contributed by atoms with Crippen molar-refractivity contribution in [2.45, 2.75) is 38.8 Å². The molecule has 6 heteroatoms. The summed E-state index contributed by atoms with van der Waals surface area (Å²) in [6.45, 7) is 4.25. The highest BCUT2D eigenvalue weighted by Gasteiger charge is 2.30. The zero-order valence-corrected chi connectivity index (χ0v) is 20.6. The fourth-order valence-electron chi connectivity index (χ4n) is 3.71. The lowest BCUT2D eigenvalue weighted by molar-refractivity contribution is -0.142. The van der Waals surface area contributed by atoms with E-state index < -0.39 is 6.04 Å². The van der Waals surface area contributed by atoms with Gasteiger partial charge in [0.1, 0.15) is 11.8 Å². The van der Waals surface area contributed by atoms with Crippen LogP contribution in [0.1, 0.15) is 36.5 Å². The van der Waals surface area contributed by atoms with Crippen molar-refractivity contribution in [2.24, 2.45) is 0 Å². The van der Waals surface area contributed by atoms with E-state index in [0.717, 1.165) is 11.1 Å². The maximum absolute atomic E-state index is 13.4. The van der Waals surface area contributed by atoms with Gasteiger partial charge in [-0.25, -0.2) is 0 Å². The summed E-state index contributed by atoms with van der Waals surface area (Å²) in [6, 6.07) is 24.0. The largest absolute Gasteiger partial charge is 0.484 e. The number of hydrogen-bond donors (Lipinski definition) is 1. The van der Waals surface area contributed by atoms with Crippen LogP contribution in [0.3, 0.4) is 0 Å². The molecule has 3 rings (SSSR count).